The van der Waals surface area contributed by atoms with Gasteiger partial charge in [0.1, 0.15) is 6.61 Å². The van der Waals surface area contributed by atoms with E-state index < -0.39 is 22.9 Å². The monoisotopic (exact) mass is 216 g/mol. The Bertz CT molecular complexity index is 164. The number of halogens is 2. The van der Waals surface area contributed by atoms with Gasteiger partial charge in [0.2, 0.25) is 11.1 Å². The predicted octanol–water partition coefficient (Wildman–Crippen LogP) is 2.01. The first kappa shape index (κ1) is 12.9. The van der Waals surface area contributed by atoms with Gasteiger partial charge < -0.3 is 9.29 Å². The quantitative estimate of drug-likeness (QED) is 0.523. The summed E-state index contributed by atoms with van der Waals surface area (Å²) in [6.45, 7) is 1.21. The normalized spacial score (nSPS) is 14.5. The molecule has 0 aliphatic carbocycles. The second-order valence-corrected chi connectivity index (χ2v) is 3.74. The van der Waals surface area contributed by atoms with E-state index in [1.165, 1.54) is 0 Å². The maximum absolute atomic E-state index is 12.4. The zero-order valence-electron chi connectivity index (χ0n) is 7.46. The van der Waals surface area contributed by atoms with Crippen LogP contribution in [0, 0.1) is 0 Å². The highest BCUT2D eigenvalue weighted by molar-refractivity contribution is 7.80. The average molecular weight is 216 g/mol. The van der Waals surface area contributed by atoms with Crippen LogP contribution in [0.15, 0.2) is 0 Å². The molecule has 0 aliphatic heterocycles. The molecule has 80 valence electrons. The van der Waals surface area contributed by atoms with E-state index >= 15 is 0 Å². The molecule has 6 heteroatoms. The van der Waals surface area contributed by atoms with Crippen LogP contribution in [0.4, 0.5) is 8.78 Å². The van der Waals surface area contributed by atoms with E-state index in [0.717, 1.165) is 12.8 Å². The number of rotatable bonds is 7. The van der Waals surface area contributed by atoms with Crippen molar-refractivity contribution in [2.75, 3.05) is 13.2 Å². The second-order valence-electron chi connectivity index (χ2n) is 2.65. The van der Waals surface area contributed by atoms with Crippen molar-refractivity contribution in [1.82, 2.24) is 0 Å². The van der Waals surface area contributed by atoms with Crippen LogP contribution < -0.4 is 0 Å². The molecule has 1 unspecified atom stereocenters. The highest BCUT2D eigenvalue weighted by Gasteiger charge is 2.36. The molecule has 3 nitrogen and oxygen atoms in total. The first-order chi connectivity index (χ1) is 6.00. The van der Waals surface area contributed by atoms with Crippen LogP contribution in [0.5, 0.6) is 0 Å². The summed E-state index contributed by atoms with van der Waals surface area (Å²) in [7, 11) is 0. The molecule has 0 rings (SSSR count). The molecule has 0 heterocycles. The molecule has 0 aromatic carbocycles. The third kappa shape index (κ3) is 6.06. The SMILES string of the molecule is CCCCCOCC(F)(F)S(=O)O. The molecule has 0 spiro atoms. The van der Waals surface area contributed by atoms with Crippen molar-refractivity contribution >= 4 is 11.1 Å². The van der Waals surface area contributed by atoms with E-state index in [0.29, 0.717) is 6.42 Å². The van der Waals surface area contributed by atoms with Crippen LogP contribution in [0.3, 0.4) is 0 Å². The van der Waals surface area contributed by atoms with Crippen LogP contribution >= 0.6 is 0 Å². The maximum Gasteiger partial charge on any atom is 0.367 e. The van der Waals surface area contributed by atoms with Crippen molar-refractivity contribution < 1.29 is 22.3 Å². The summed E-state index contributed by atoms with van der Waals surface area (Å²) in [5.74, 6) is 0. The van der Waals surface area contributed by atoms with Gasteiger partial charge in [-0.1, -0.05) is 19.8 Å². The summed E-state index contributed by atoms with van der Waals surface area (Å²) in [6, 6.07) is 0. The lowest BCUT2D eigenvalue weighted by atomic mass is 10.3. The van der Waals surface area contributed by atoms with Gasteiger partial charge in [-0.15, -0.1) is 0 Å². The third-order valence-electron chi connectivity index (χ3n) is 1.42. The number of alkyl halides is 2. The smallest absolute Gasteiger partial charge is 0.367 e. The van der Waals surface area contributed by atoms with Gasteiger partial charge >= 0.3 is 5.25 Å². The summed E-state index contributed by atoms with van der Waals surface area (Å²) < 4.78 is 47.5. The van der Waals surface area contributed by atoms with E-state index in [1.54, 1.807) is 0 Å². The molecule has 0 aliphatic rings. The molecular formula is C7H14F2O3S. The maximum atomic E-state index is 12.4. The van der Waals surface area contributed by atoms with E-state index in [-0.39, 0.29) is 6.61 Å². The largest absolute Gasteiger partial charge is 0.374 e. The molecule has 0 aromatic rings. The molecule has 0 bridgehead atoms. The highest BCUT2D eigenvalue weighted by atomic mass is 32.2. The Kier molecular flexibility index (Phi) is 6.36. The number of hydrogen-bond donors (Lipinski definition) is 1. The van der Waals surface area contributed by atoms with Gasteiger partial charge in [0, 0.05) is 6.61 Å². The Labute approximate surface area is 78.8 Å². The average Bonchev–Trinajstić information content (AvgIpc) is 2.03. The minimum atomic E-state index is -3.65. The number of ether oxygens (including phenoxy) is 1. The van der Waals surface area contributed by atoms with E-state index in [4.69, 9.17) is 4.55 Å². The van der Waals surface area contributed by atoms with Gasteiger partial charge in [0.05, 0.1) is 0 Å². The molecule has 13 heavy (non-hydrogen) atoms. The van der Waals surface area contributed by atoms with Gasteiger partial charge in [0.15, 0.2) is 0 Å². The fraction of sp³-hybridized carbons (Fsp3) is 1.00. The highest BCUT2D eigenvalue weighted by Crippen LogP contribution is 2.17. The summed E-state index contributed by atoms with van der Waals surface area (Å²) in [5, 5.41) is -3.65. The minimum Gasteiger partial charge on any atom is -0.374 e. The topological polar surface area (TPSA) is 46.5 Å². The lowest BCUT2D eigenvalue weighted by molar-refractivity contribution is -0.0166. The number of hydrogen-bond acceptors (Lipinski definition) is 2. The Hall–Kier alpha value is -0.0700. The molecule has 0 aromatic heterocycles. The van der Waals surface area contributed by atoms with Crippen molar-refractivity contribution in [3.05, 3.63) is 0 Å². The predicted molar refractivity (Wildman–Crippen MR) is 46.1 cm³/mol. The molecular weight excluding hydrogens is 202 g/mol. The summed E-state index contributed by atoms with van der Waals surface area (Å²) in [5.41, 5.74) is 0. The second kappa shape index (κ2) is 6.39. The summed E-state index contributed by atoms with van der Waals surface area (Å²) in [6.07, 6.45) is 2.59. The molecule has 1 atom stereocenters. The van der Waals surface area contributed by atoms with Gasteiger partial charge in [0.25, 0.3) is 0 Å². The van der Waals surface area contributed by atoms with Gasteiger partial charge in [-0.2, -0.15) is 8.78 Å². The third-order valence-corrected chi connectivity index (χ3v) is 2.05. The zero-order valence-corrected chi connectivity index (χ0v) is 8.28. The van der Waals surface area contributed by atoms with Crippen molar-refractivity contribution in [1.29, 1.82) is 0 Å². The Morgan fingerprint density at radius 1 is 1.46 bits per heavy atom. The van der Waals surface area contributed by atoms with E-state index in [2.05, 4.69) is 4.74 Å². The molecule has 0 radical (unpaired) electrons. The number of unbranched alkanes of at least 4 members (excludes halogenated alkanes) is 2. The van der Waals surface area contributed by atoms with Crippen molar-refractivity contribution in [2.45, 2.75) is 31.4 Å². The molecule has 0 saturated carbocycles. The fourth-order valence-corrected chi connectivity index (χ4v) is 0.880. The summed E-state index contributed by atoms with van der Waals surface area (Å²) >= 11 is -3.14. The first-order valence-corrected chi connectivity index (χ1v) is 5.18. The Morgan fingerprint density at radius 3 is 2.54 bits per heavy atom. The molecule has 0 saturated heterocycles. The van der Waals surface area contributed by atoms with E-state index in [9.17, 15) is 13.0 Å². The van der Waals surface area contributed by atoms with Crippen molar-refractivity contribution in [3.63, 3.8) is 0 Å². The molecule has 0 fully saturated rings. The van der Waals surface area contributed by atoms with Gasteiger partial charge in [-0.05, 0) is 6.42 Å². The van der Waals surface area contributed by atoms with Crippen LogP contribution in [-0.4, -0.2) is 27.2 Å². The minimum absolute atomic E-state index is 0.209. The standard InChI is InChI=1S/C7H14F2O3S/c1-2-3-4-5-12-6-7(8,9)13(10)11/h2-6H2,1H3,(H,10,11). The Balaban J connectivity index is 3.46. The van der Waals surface area contributed by atoms with Crippen LogP contribution in [0.1, 0.15) is 26.2 Å². The van der Waals surface area contributed by atoms with Gasteiger partial charge in [-0.25, -0.2) is 4.21 Å². The summed E-state index contributed by atoms with van der Waals surface area (Å²) in [4.78, 5) is 0. The lowest BCUT2D eigenvalue weighted by Crippen LogP contribution is -2.29. The zero-order chi connectivity index (χ0) is 10.3. The van der Waals surface area contributed by atoms with E-state index in [1.807, 2.05) is 6.92 Å². The first-order valence-electron chi connectivity index (χ1n) is 4.07. The Morgan fingerprint density at radius 2 is 2.08 bits per heavy atom. The van der Waals surface area contributed by atoms with Crippen molar-refractivity contribution in [2.24, 2.45) is 0 Å². The molecule has 1 N–H and O–H groups in total. The van der Waals surface area contributed by atoms with Crippen LogP contribution in [-0.2, 0) is 15.8 Å². The van der Waals surface area contributed by atoms with Crippen LogP contribution in [0.2, 0.25) is 0 Å². The molecule has 0 amide bonds. The van der Waals surface area contributed by atoms with Gasteiger partial charge in [-0.3, -0.25) is 0 Å². The van der Waals surface area contributed by atoms with Crippen LogP contribution in [0.25, 0.3) is 0 Å². The fourth-order valence-electron chi connectivity index (χ4n) is 0.696. The van der Waals surface area contributed by atoms with Crippen molar-refractivity contribution in [3.8, 4) is 0 Å². The lowest BCUT2D eigenvalue weighted by Gasteiger charge is -2.11.